The number of likely N-dealkylation sites (tertiary alicyclic amines) is 1. The summed E-state index contributed by atoms with van der Waals surface area (Å²) in [6.45, 7) is 2.75. The van der Waals surface area contributed by atoms with Crippen LogP contribution in [0.15, 0.2) is 0 Å². The van der Waals surface area contributed by atoms with Gasteiger partial charge in [-0.2, -0.15) is 0 Å². The number of hydrogen-bond donors (Lipinski definition) is 1. The summed E-state index contributed by atoms with van der Waals surface area (Å²) in [5, 5.41) is 9.58. The maximum Gasteiger partial charge on any atom is 0.225 e. The van der Waals surface area contributed by atoms with Crippen LogP contribution >= 0.6 is 0 Å². The molecule has 1 saturated heterocycles. The Morgan fingerprint density at radius 1 is 1.28 bits per heavy atom. The number of rotatable bonds is 3. The molecule has 0 aromatic carbocycles. The van der Waals surface area contributed by atoms with E-state index in [2.05, 4.69) is 4.90 Å². The highest BCUT2D eigenvalue weighted by molar-refractivity contribution is 5.80. The highest BCUT2D eigenvalue weighted by atomic mass is 16.3. The second-order valence-corrected chi connectivity index (χ2v) is 6.69. The Morgan fingerprint density at radius 2 is 2.00 bits per heavy atom. The van der Waals surface area contributed by atoms with Gasteiger partial charge >= 0.3 is 0 Å². The fourth-order valence-electron chi connectivity index (χ4n) is 4.08. The number of aliphatic hydroxyl groups is 1. The van der Waals surface area contributed by atoms with Crippen molar-refractivity contribution in [2.75, 3.05) is 6.54 Å². The lowest BCUT2D eigenvalue weighted by Crippen LogP contribution is -2.47. The molecule has 3 fully saturated rings. The quantitative estimate of drug-likeness (QED) is 0.835. The SMILES string of the molecule is CC(O)CC1CCCCN1C(=O)C1CC2CC2C1. The van der Waals surface area contributed by atoms with Crippen LogP contribution in [0, 0.1) is 17.8 Å². The van der Waals surface area contributed by atoms with Crippen LogP contribution in [0.1, 0.15) is 51.9 Å². The number of aliphatic hydroxyl groups excluding tert-OH is 1. The summed E-state index contributed by atoms with van der Waals surface area (Å²) in [5.74, 6) is 2.45. The normalized spacial score (nSPS) is 40.4. The topological polar surface area (TPSA) is 40.5 Å². The maximum absolute atomic E-state index is 12.6. The molecule has 4 atom stereocenters. The Balaban J connectivity index is 1.62. The molecule has 3 nitrogen and oxygen atoms in total. The van der Waals surface area contributed by atoms with Crippen molar-refractivity contribution in [2.24, 2.45) is 17.8 Å². The van der Waals surface area contributed by atoms with Crippen LogP contribution < -0.4 is 0 Å². The van der Waals surface area contributed by atoms with Gasteiger partial charge in [0.2, 0.25) is 5.91 Å². The molecule has 1 amide bonds. The lowest BCUT2D eigenvalue weighted by Gasteiger charge is -2.38. The summed E-state index contributed by atoms with van der Waals surface area (Å²) < 4.78 is 0. The van der Waals surface area contributed by atoms with Crippen molar-refractivity contribution >= 4 is 5.91 Å². The van der Waals surface area contributed by atoms with E-state index < -0.39 is 0 Å². The van der Waals surface area contributed by atoms with E-state index in [1.807, 2.05) is 6.92 Å². The molecule has 1 heterocycles. The lowest BCUT2D eigenvalue weighted by molar-refractivity contribution is -0.140. The number of hydrogen-bond acceptors (Lipinski definition) is 2. The Labute approximate surface area is 110 Å². The summed E-state index contributed by atoms with van der Waals surface area (Å²) in [6.07, 6.45) is 7.55. The zero-order valence-electron chi connectivity index (χ0n) is 11.3. The van der Waals surface area contributed by atoms with E-state index >= 15 is 0 Å². The molecule has 2 saturated carbocycles. The highest BCUT2D eigenvalue weighted by Gasteiger charge is 2.49. The predicted molar refractivity (Wildman–Crippen MR) is 70.0 cm³/mol. The third kappa shape index (κ3) is 2.42. The van der Waals surface area contributed by atoms with Crippen LogP contribution in [0.4, 0.5) is 0 Å². The van der Waals surface area contributed by atoms with E-state index in [4.69, 9.17) is 0 Å². The molecule has 102 valence electrons. The van der Waals surface area contributed by atoms with Gasteiger partial charge in [0, 0.05) is 18.5 Å². The van der Waals surface area contributed by atoms with Gasteiger partial charge in [-0.25, -0.2) is 0 Å². The van der Waals surface area contributed by atoms with Gasteiger partial charge < -0.3 is 10.0 Å². The van der Waals surface area contributed by atoms with Gasteiger partial charge in [-0.3, -0.25) is 4.79 Å². The summed E-state index contributed by atoms with van der Waals surface area (Å²) >= 11 is 0. The molecule has 0 spiro atoms. The van der Waals surface area contributed by atoms with E-state index in [-0.39, 0.29) is 6.10 Å². The molecule has 0 bridgehead atoms. The largest absolute Gasteiger partial charge is 0.393 e. The van der Waals surface area contributed by atoms with Gasteiger partial charge in [0.25, 0.3) is 0 Å². The van der Waals surface area contributed by atoms with E-state index in [1.54, 1.807) is 0 Å². The molecule has 18 heavy (non-hydrogen) atoms. The first-order chi connectivity index (χ1) is 8.65. The molecule has 0 aromatic heterocycles. The number of fused-ring (bicyclic) bond motifs is 1. The predicted octanol–water partition coefficient (Wildman–Crippen LogP) is 2.18. The zero-order chi connectivity index (χ0) is 12.7. The van der Waals surface area contributed by atoms with Crippen molar-refractivity contribution in [1.29, 1.82) is 0 Å². The first kappa shape index (κ1) is 12.5. The van der Waals surface area contributed by atoms with Gasteiger partial charge in [-0.15, -0.1) is 0 Å². The third-order valence-corrected chi connectivity index (χ3v) is 5.12. The fraction of sp³-hybridized carbons (Fsp3) is 0.933. The van der Waals surface area contributed by atoms with Gasteiger partial charge in [0.1, 0.15) is 0 Å². The first-order valence-electron chi connectivity index (χ1n) is 7.63. The Hall–Kier alpha value is -0.570. The smallest absolute Gasteiger partial charge is 0.225 e. The molecule has 3 rings (SSSR count). The molecular formula is C15H25NO2. The average Bonchev–Trinajstić information content (AvgIpc) is 2.95. The maximum atomic E-state index is 12.6. The molecule has 3 heteroatoms. The minimum atomic E-state index is -0.291. The van der Waals surface area contributed by atoms with Crippen molar-refractivity contribution in [3.63, 3.8) is 0 Å². The second-order valence-electron chi connectivity index (χ2n) is 6.69. The van der Waals surface area contributed by atoms with E-state index in [0.29, 0.717) is 17.9 Å². The summed E-state index contributed by atoms with van der Waals surface area (Å²) in [6, 6.07) is 0.295. The van der Waals surface area contributed by atoms with Crippen LogP contribution in [0.3, 0.4) is 0 Å². The molecule has 1 aliphatic heterocycles. The minimum Gasteiger partial charge on any atom is -0.393 e. The number of nitrogens with zero attached hydrogens (tertiary/aromatic N) is 1. The minimum absolute atomic E-state index is 0.291. The summed E-state index contributed by atoms with van der Waals surface area (Å²) in [4.78, 5) is 14.7. The van der Waals surface area contributed by atoms with E-state index in [0.717, 1.165) is 50.5 Å². The molecular weight excluding hydrogens is 226 g/mol. The molecule has 0 aromatic rings. The molecule has 0 radical (unpaired) electrons. The van der Waals surface area contributed by atoms with Gasteiger partial charge in [-0.1, -0.05) is 0 Å². The molecule has 4 unspecified atom stereocenters. The Kier molecular flexibility index (Phi) is 3.35. The zero-order valence-corrected chi connectivity index (χ0v) is 11.3. The van der Waals surface area contributed by atoms with Crippen molar-refractivity contribution in [3.05, 3.63) is 0 Å². The summed E-state index contributed by atoms with van der Waals surface area (Å²) in [5.41, 5.74) is 0. The standard InChI is InChI=1S/C15H25NO2/c1-10(17)6-14-4-2-3-5-16(14)15(18)13-8-11-7-12(11)9-13/h10-14,17H,2-9H2,1H3. The second kappa shape index (κ2) is 4.84. The molecule has 2 aliphatic carbocycles. The average molecular weight is 251 g/mol. The Bertz CT molecular complexity index is 318. The lowest BCUT2D eigenvalue weighted by atomic mass is 9.93. The highest BCUT2D eigenvalue weighted by Crippen LogP contribution is 2.54. The van der Waals surface area contributed by atoms with Crippen LogP contribution in [0.5, 0.6) is 0 Å². The van der Waals surface area contributed by atoms with Crippen LogP contribution in [0.2, 0.25) is 0 Å². The molecule has 1 N–H and O–H groups in total. The van der Waals surface area contributed by atoms with Crippen molar-refractivity contribution in [3.8, 4) is 0 Å². The number of carbonyl (C=O) groups is 1. The first-order valence-corrected chi connectivity index (χ1v) is 7.63. The molecule has 3 aliphatic rings. The number of amides is 1. The monoisotopic (exact) mass is 251 g/mol. The number of piperidine rings is 1. The third-order valence-electron chi connectivity index (χ3n) is 5.12. The summed E-state index contributed by atoms with van der Waals surface area (Å²) in [7, 11) is 0. The number of carbonyl (C=O) groups excluding carboxylic acids is 1. The van der Waals surface area contributed by atoms with Crippen molar-refractivity contribution in [1.82, 2.24) is 4.90 Å². The van der Waals surface area contributed by atoms with Gasteiger partial charge in [0.15, 0.2) is 0 Å². The van der Waals surface area contributed by atoms with Gasteiger partial charge in [0.05, 0.1) is 6.10 Å². The van der Waals surface area contributed by atoms with Crippen molar-refractivity contribution < 1.29 is 9.90 Å². The fourth-order valence-corrected chi connectivity index (χ4v) is 4.08. The van der Waals surface area contributed by atoms with Crippen LogP contribution in [0.25, 0.3) is 0 Å². The van der Waals surface area contributed by atoms with E-state index in [9.17, 15) is 9.90 Å². The van der Waals surface area contributed by atoms with Crippen molar-refractivity contribution in [2.45, 2.75) is 64.0 Å². The Morgan fingerprint density at radius 3 is 2.67 bits per heavy atom. The van der Waals surface area contributed by atoms with Crippen LogP contribution in [-0.2, 0) is 4.79 Å². The van der Waals surface area contributed by atoms with E-state index in [1.165, 1.54) is 12.8 Å². The van der Waals surface area contributed by atoms with Crippen LogP contribution in [-0.4, -0.2) is 34.6 Å². The van der Waals surface area contributed by atoms with Gasteiger partial charge in [-0.05, 0) is 63.7 Å².